The van der Waals surface area contributed by atoms with Gasteiger partial charge < -0.3 is 5.32 Å². The van der Waals surface area contributed by atoms with Crippen LogP contribution in [-0.2, 0) is 0 Å². The second kappa shape index (κ2) is 4.71. The van der Waals surface area contributed by atoms with Crippen molar-refractivity contribution in [3.05, 3.63) is 42.1 Å². The van der Waals surface area contributed by atoms with Gasteiger partial charge in [-0.05, 0) is 18.2 Å². The van der Waals surface area contributed by atoms with Crippen LogP contribution in [0.3, 0.4) is 0 Å². The quantitative estimate of drug-likeness (QED) is 0.560. The zero-order chi connectivity index (χ0) is 12.3. The van der Waals surface area contributed by atoms with Crippen LogP contribution in [0.25, 0.3) is 0 Å². The number of nitrogens with one attached hydrogen (secondary N) is 2. The van der Waals surface area contributed by atoms with Crippen molar-refractivity contribution in [2.45, 2.75) is 0 Å². The maximum Gasteiger partial charge on any atom is 0.239 e. The number of hydrogen-bond donors (Lipinski definition) is 3. The molecule has 17 heavy (non-hydrogen) atoms. The van der Waals surface area contributed by atoms with Gasteiger partial charge in [0, 0.05) is 18.0 Å². The Hall–Kier alpha value is -2.28. The van der Waals surface area contributed by atoms with Gasteiger partial charge in [0.05, 0.1) is 0 Å². The Morgan fingerprint density at radius 2 is 1.82 bits per heavy atom. The van der Waals surface area contributed by atoms with E-state index in [0.717, 1.165) is 18.2 Å². The molecule has 1 aromatic heterocycles. The van der Waals surface area contributed by atoms with E-state index in [1.165, 1.54) is 6.20 Å². The molecule has 1 heterocycles. The second-order valence-electron chi connectivity index (χ2n) is 3.19. The SMILES string of the molecule is NNc1nccc(Nc2cc(F)cc(F)c2)n1. The standard InChI is InChI=1S/C10H9F2N5/c11-6-3-7(12)5-8(4-6)15-9-1-2-14-10(16-9)17-13/h1-5H,13H2,(H2,14,15,16,17). The normalized spacial score (nSPS) is 10.1. The lowest BCUT2D eigenvalue weighted by Crippen LogP contribution is -2.10. The van der Waals surface area contributed by atoms with Crippen molar-refractivity contribution in [2.75, 3.05) is 10.7 Å². The first-order valence-corrected chi connectivity index (χ1v) is 4.70. The lowest BCUT2D eigenvalue weighted by Gasteiger charge is -2.06. The molecule has 0 unspecified atom stereocenters. The summed E-state index contributed by atoms with van der Waals surface area (Å²) in [7, 11) is 0. The highest BCUT2D eigenvalue weighted by Crippen LogP contribution is 2.17. The molecule has 0 saturated carbocycles. The topological polar surface area (TPSA) is 75.9 Å². The molecule has 0 fully saturated rings. The Labute approximate surface area is 95.7 Å². The van der Waals surface area contributed by atoms with Crippen LogP contribution in [0.4, 0.5) is 26.2 Å². The molecule has 4 N–H and O–H groups in total. The number of hydrazine groups is 1. The summed E-state index contributed by atoms with van der Waals surface area (Å²) in [6.45, 7) is 0. The van der Waals surface area contributed by atoms with Crippen molar-refractivity contribution in [1.82, 2.24) is 9.97 Å². The maximum atomic E-state index is 12.9. The first kappa shape index (κ1) is 11.2. The molecular weight excluding hydrogens is 228 g/mol. The number of hydrogen-bond acceptors (Lipinski definition) is 5. The molecule has 0 aliphatic carbocycles. The van der Waals surface area contributed by atoms with Gasteiger partial charge in [-0.2, -0.15) is 4.98 Å². The molecule has 5 nitrogen and oxygen atoms in total. The van der Waals surface area contributed by atoms with Crippen LogP contribution in [0, 0.1) is 11.6 Å². The number of nitrogens with zero attached hydrogens (tertiary/aromatic N) is 2. The number of nitrogen functional groups attached to an aromatic ring is 1. The smallest absolute Gasteiger partial charge is 0.239 e. The van der Waals surface area contributed by atoms with Gasteiger partial charge in [0.1, 0.15) is 17.5 Å². The van der Waals surface area contributed by atoms with Crippen molar-refractivity contribution in [1.29, 1.82) is 0 Å². The summed E-state index contributed by atoms with van der Waals surface area (Å²) in [5.41, 5.74) is 2.52. The minimum atomic E-state index is -0.668. The summed E-state index contributed by atoms with van der Waals surface area (Å²) < 4.78 is 25.9. The zero-order valence-corrected chi connectivity index (χ0v) is 8.61. The lowest BCUT2D eigenvalue weighted by atomic mass is 10.3. The van der Waals surface area contributed by atoms with Gasteiger partial charge in [0.15, 0.2) is 0 Å². The highest BCUT2D eigenvalue weighted by Gasteiger charge is 2.02. The van der Waals surface area contributed by atoms with Crippen molar-refractivity contribution >= 4 is 17.5 Å². The molecule has 7 heteroatoms. The van der Waals surface area contributed by atoms with Gasteiger partial charge in [-0.25, -0.2) is 19.6 Å². The van der Waals surface area contributed by atoms with Gasteiger partial charge in [-0.15, -0.1) is 0 Å². The molecule has 0 saturated heterocycles. The molecule has 0 radical (unpaired) electrons. The van der Waals surface area contributed by atoms with Crippen LogP contribution < -0.4 is 16.6 Å². The minimum Gasteiger partial charge on any atom is -0.340 e. The number of aromatic nitrogens is 2. The fourth-order valence-corrected chi connectivity index (χ4v) is 1.27. The van der Waals surface area contributed by atoms with Crippen molar-refractivity contribution in [3.8, 4) is 0 Å². The highest BCUT2D eigenvalue weighted by molar-refractivity contribution is 5.56. The fourth-order valence-electron chi connectivity index (χ4n) is 1.27. The first-order chi connectivity index (χ1) is 8.17. The summed E-state index contributed by atoms with van der Waals surface area (Å²) in [6, 6.07) is 4.64. The van der Waals surface area contributed by atoms with Gasteiger partial charge in [0.2, 0.25) is 5.95 Å². The van der Waals surface area contributed by atoms with Crippen molar-refractivity contribution < 1.29 is 8.78 Å². The molecule has 0 amide bonds. The zero-order valence-electron chi connectivity index (χ0n) is 8.61. The number of anilines is 3. The summed E-state index contributed by atoms with van der Waals surface area (Å²) in [5, 5.41) is 2.73. The molecule has 1 aromatic carbocycles. The molecule has 0 atom stereocenters. The van der Waals surface area contributed by atoms with E-state index in [-0.39, 0.29) is 11.6 Å². The van der Waals surface area contributed by atoms with E-state index in [1.807, 2.05) is 0 Å². The van der Waals surface area contributed by atoms with Gasteiger partial charge in [-0.3, -0.25) is 5.43 Å². The first-order valence-electron chi connectivity index (χ1n) is 4.70. The summed E-state index contributed by atoms with van der Waals surface area (Å²) >= 11 is 0. The third kappa shape index (κ3) is 2.85. The monoisotopic (exact) mass is 237 g/mol. The lowest BCUT2D eigenvalue weighted by molar-refractivity contribution is 0.584. The Morgan fingerprint density at radius 1 is 1.12 bits per heavy atom. The van der Waals surface area contributed by atoms with Gasteiger partial charge in [0.25, 0.3) is 0 Å². The third-order valence-corrected chi connectivity index (χ3v) is 1.92. The van der Waals surface area contributed by atoms with Crippen LogP contribution in [0.2, 0.25) is 0 Å². The van der Waals surface area contributed by atoms with Crippen LogP contribution >= 0.6 is 0 Å². The molecule has 0 bridgehead atoms. The van der Waals surface area contributed by atoms with E-state index in [4.69, 9.17) is 5.84 Å². The predicted octanol–water partition coefficient (Wildman–Crippen LogP) is 1.78. The molecule has 0 aliphatic rings. The molecule has 2 aromatic rings. The fraction of sp³-hybridized carbons (Fsp3) is 0. The van der Waals surface area contributed by atoms with Crippen LogP contribution in [0.1, 0.15) is 0 Å². The van der Waals surface area contributed by atoms with Crippen LogP contribution in [-0.4, -0.2) is 9.97 Å². The average molecular weight is 237 g/mol. The second-order valence-corrected chi connectivity index (χ2v) is 3.19. The van der Waals surface area contributed by atoms with Gasteiger partial charge >= 0.3 is 0 Å². The Morgan fingerprint density at radius 3 is 2.47 bits per heavy atom. The summed E-state index contributed by atoms with van der Waals surface area (Å²) in [6.07, 6.45) is 1.46. The number of nitrogens with two attached hydrogens (primary N) is 1. The Kier molecular flexibility index (Phi) is 3.10. The Balaban J connectivity index is 2.24. The maximum absolute atomic E-state index is 12.9. The van der Waals surface area contributed by atoms with E-state index in [9.17, 15) is 8.78 Å². The third-order valence-electron chi connectivity index (χ3n) is 1.92. The highest BCUT2D eigenvalue weighted by atomic mass is 19.1. The molecular formula is C10H9F2N5. The van der Waals surface area contributed by atoms with Crippen molar-refractivity contribution in [3.63, 3.8) is 0 Å². The number of benzene rings is 1. The molecule has 88 valence electrons. The van der Waals surface area contributed by atoms with Gasteiger partial charge in [-0.1, -0.05) is 0 Å². The van der Waals surface area contributed by atoms with Crippen molar-refractivity contribution in [2.24, 2.45) is 5.84 Å². The predicted molar refractivity (Wildman–Crippen MR) is 59.5 cm³/mol. The van der Waals surface area contributed by atoms with E-state index < -0.39 is 11.6 Å². The molecule has 0 aliphatic heterocycles. The molecule has 2 rings (SSSR count). The number of halogens is 2. The Bertz CT molecular complexity index is 512. The van der Waals surface area contributed by atoms with E-state index in [0.29, 0.717) is 5.82 Å². The van der Waals surface area contributed by atoms with E-state index >= 15 is 0 Å². The minimum absolute atomic E-state index is 0.201. The summed E-state index contributed by atoms with van der Waals surface area (Å²) in [4.78, 5) is 7.74. The summed E-state index contributed by atoms with van der Waals surface area (Å²) in [5.74, 6) is 4.38. The average Bonchev–Trinajstić information content (AvgIpc) is 2.28. The molecule has 0 spiro atoms. The van der Waals surface area contributed by atoms with Crippen LogP contribution in [0.5, 0.6) is 0 Å². The largest absolute Gasteiger partial charge is 0.340 e. The number of rotatable bonds is 3. The van der Waals surface area contributed by atoms with E-state index in [1.54, 1.807) is 6.07 Å². The van der Waals surface area contributed by atoms with Crippen LogP contribution in [0.15, 0.2) is 30.5 Å². The van der Waals surface area contributed by atoms with E-state index in [2.05, 4.69) is 20.7 Å².